The molecule has 0 aliphatic rings. The van der Waals surface area contributed by atoms with Crippen molar-refractivity contribution in [2.24, 2.45) is 0 Å². The number of amides is 1. The van der Waals surface area contributed by atoms with Crippen molar-refractivity contribution in [2.75, 3.05) is 5.32 Å². The third-order valence-corrected chi connectivity index (χ3v) is 4.44. The van der Waals surface area contributed by atoms with Crippen LogP contribution in [0.1, 0.15) is 18.6 Å². The van der Waals surface area contributed by atoms with Gasteiger partial charge < -0.3 is 4.74 Å². The molecule has 128 valence electrons. The number of hydrogen-bond acceptors (Lipinski definition) is 3. The molecule has 5 nitrogen and oxygen atoms in total. The Morgan fingerprint density at radius 2 is 1.92 bits per heavy atom. The molecule has 3 rings (SSSR count). The summed E-state index contributed by atoms with van der Waals surface area (Å²) in [4.78, 5) is 12.2. The standard InChI is InChI=1S/C18H15BrClN3O2/c1-12(15-4-2-3-5-16(15)20)25-18(24)22-17-10-11-21-23(17)14-8-6-13(19)7-9-14/h2-12H,1H3,(H,22,24)/t12-/m1/s1. The van der Waals surface area contributed by atoms with E-state index in [-0.39, 0.29) is 0 Å². The summed E-state index contributed by atoms with van der Waals surface area (Å²) in [5.74, 6) is 0.513. The number of halogens is 2. The zero-order chi connectivity index (χ0) is 17.8. The van der Waals surface area contributed by atoms with E-state index in [2.05, 4.69) is 26.3 Å². The van der Waals surface area contributed by atoms with E-state index in [1.165, 1.54) is 0 Å². The molecule has 1 aromatic heterocycles. The zero-order valence-electron chi connectivity index (χ0n) is 13.3. The molecule has 1 heterocycles. The predicted molar refractivity (Wildman–Crippen MR) is 101 cm³/mol. The van der Waals surface area contributed by atoms with Gasteiger partial charge in [-0.05, 0) is 37.3 Å². The van der Waals surface area contributed by atoms with Crippen molar-refractivity contribution < 1.29 is 9.53 Å². The normalized spacial score (nSPS) is 11.8. The summed E-state index contributed by atoms with van der Waals surface area (Å²) in [5, 5.41) is 7.50. The van der Waals surface area contributed by atoms with Gasteiger partial charge in [-0.15, -0.1) is 0 Å². The number of carbonyl (C=O) groups is 1. The average Bonchev–Trinajstić information content (AvgIpc) is 3.03. The number of anilines is 1. The van der Waals surface area contributed by atoms with Gasteiger partial charge in [-0.1, -0.05) is 45.7 Å². The Labute approximate surface area is 158 Å². The number of nitrogens with zero attached hydrogens (tertiary/aromatic N) is 2. The molecule has 0 unspecified atom stereocenters. The molecule has 1 N–H and O–H groups in total. The molecule has 0 radical (unpaired) electrons. The van der Waals surface area contributed by atoms with Crippen LogP contribution < -0.4 is 5.32 Å². The maximum Gasteiger partial charge on any atom is 0.413 e. The van der Waals surface area contributed by atoms with Crippen LogP contribution >= 0.6 is 27.5 Å². The van der Waals surface area contributed by atoms with Crippen molar-refractivity contribution in [1.29, 1.82) is 0 Å². The van der Waals surface area contributed by atoms with Crippen LogP contribution in [0.4, 0.5) is 10.6 Å². The van der Waals surface area contributed by atoms with E-state index in [1.54, 1.807) is 29.9 Å². The van der Waals surface area contributed by atoms with Crippen molar-refractivity contribution >= 4 is 39.4 Å². The molecular formula is C18H15BrClN3O2. The van der Waals surface area contributed by atoms with Crippen LogP contribution in [0.2, 0.25) is 5.02 Å². The molecule has 25 heavy (non-hydrogen) atoms. The summed E-state index contributed by atoms with van der Waals surface area (Å²) in [6.45, 7) is 1.77. The highest BCUT2D eigenvalue weighted by molar-refractivity contribution is 9.10. The van der Waals surface area contributed by atoms with E-state index in [4.69, 9.17) is 16.3 Å². The summed E-state index contributed by atoms with van der Waals surface area (Å²) in [5.41, 5.74) is 1.57. The van der Waals surface area contributed by atoms with Crippen molar-refractivity contribution in [3.05, 3.63) is 75.9 Å². The monoisotopic (exact) mass is 419 g/mol. The lowest BCUT2D eigenvalue weighted by Gasteiger charge is -2.16. The van der Waals surface area contributed by atoms with Gasteiger partial charge in [-0.2, -0.15) is 5.10 Å². The fourth-order valence-corrected chi connectivity index (χ4v) is 2.90. The number of aromatic nitrogens is 2. The molecule has 0 saturated heterocycles. The minimum absolute atomic E-state index is 0.474. The summed E-state index contributed by atoms with van der Waals surface area (Å²) in [6.07, 6.45) is 0.554. The second-order valence-corrected chi connectivity index (χ2v) is 6.62. The second-order valence-electron chi connectivity index (χ2n) is 5.30. The van der Waals surface area contributed by atoms with E-state index in [9.17, 15) is 4.79 Å². The first-order valence-electron chi connectivity index (χ1n) is 7.56. The van der Waals surface area contributed by atoms with Gasteiger partial charge >= 0.3 is 6.09 Å². The molecule has 0 fully saturated rings. The Balaban J connectivity index is 1.71. The van der Waals surface area contributed by atoms with Crippen LogP contribution in [0.3, 0.4) is 0 Å². The fourth-order valence-electron chi connectivity index (χ4n) is 2.35. The highest BCUT2D eigenvalue weighted by atomic mass is 79.9. The quantitative estimate of drug-likeness (QED) is 0.598. The van der Waals surface area contributed by atoms with Crippen LogP contribution in [0.15, 0.2) is 65.3 Å². The van der Waals surface area contributed by atoms with E-state index >= 15 is 0 Å². The summed E-state index contributed by atoms with van der Waals surface area (Å²) in [6, 6.07) is 16.5. The maximum atomic E-state index is 12.2. The van der Waals surface area contributed by atoms with Crippen LogP contribution in [-0.2, 0) is 4.74 Å². The molecule has 7 heteroatoms. The first kappa shape index (κ1) is 17.5. The lowest BCUT2D eigenvalue weighted by molar-refractivity contribution is 0.121. The molecular weight excluding hydrogens is 406 g/mol. The third kappa shape index (κ3) is 4.21. The van der Waals surface area contributed by atoms with Crippen LogP contribution in [0.5, 0.6) is 0 Å². The van der Waals surface area contributed by atoms with Gasteiger partial charge in [0.15, 0.2) is 0 Å². The molecule has 0 aliphatic carbocycles. The molecule has 0 aliphatic heterocycles. The van der Waals surface area contributed by atoms with E-state index in [0.29, 0.717) is 10.8 Å². The Hall–Kier alpha value is -2.31. The number of rotatable bonds is 4. The summed E-state index contributed by atoms with van der Waals surface area (Å²) < 4.78 is 8.00. The smallest absolute Gasteiger partial charge is 0.413 e. The number of hydrogen-bond donors (Lipinski definition) is 1. The van der Waals surface area contributed by atoms with Crippen molar-refractivity contribution in [3.63, 3.8) is 0 Å². The molecule has 0 spiro atoms. The van der Waals surface area contributed by atoms with Gasteiger partial charge in [0.1, 0.15) is 11.9 Å². The van der Waals surface area contributed by atoms with Crippen molar-refractivity contribution in [2.45, 2.75) is 13.0 Å². The molecule has 0 saturated carbocycles. The van der Waals surface area contributed by atoms with Gasteiger partial charge in [0.25, 0.3) is 0 Å². The number of benzene rings is 2. The summed E-state index contributed by atoms with van der Waals surface area (Å²) in [7, 11) is 0. The predicted octanol–water partition coefficient (Wildman–Crippen LogP) is 5.60. The lowest BCUT2D eigenvalue weighted by atomic mass is 10.1. The SMILES string of the molecule is C[C@@H](OC(=O)Nc1ccnn1-c1ccc(Br)cc1)c1ccccc1Cl. The Kier molecular flexibility index (Phi) is 5.40. The number of nitrogens with one attached hydrogen (secondary N) is 1. The molecule has 0 bridgehead atoms. The third-order valence-electron chi connectivity index (χ3n) is 3.57. The van der Waals surface area contributed by atoms with Gasteiger partial charge in [0.05, 0.1) is 11.9 Å². The lowest BCUT2D eigenvalue weighted by Crippen LogP contribution is -2.18. The van der Waals surface area contributed by atoms with Crippen LogP contribution in [0.25, 0.3) is 5.69 Å². The largest absolute Gasteiger partial charge is 0.441 e. The molecule has 1 amide bonds. The first-order valence-corrected chi connectivity index (χ1v) is 8.74. The maximum absolute atomic E-state index is 12.2. The van der Waals surface area contributed by atoms with E-state index in [0.717, 1.165) is 15.7 Å². The Morgan fingerprint density at radius 1 is 1.20 bits per heavy atom. The molecule has 3 aromatic rings. The molecule has 2 aromatic carbocycles. The van der Waals surface area contributed by atoms with Crippen LogP contribution in [0, 0.1) is 0 Å². The highest BCUT2D eigenvalue weighted by Gasteiger charge is 2.16. The first-order chi connectivity index (χ1) is 12.0. The van der Waals surface area contributed by atoms with Crippen molar-refractivity contribution in [3.8, 4) is 5.69 Å². The van der Waals surface area contributed by atoms with E-state index in [1.807, 2.05) is 42.5 Å². The van der Waals surface area contributed by atoms with Gasteiger partial charge in [0.2, 0.25) is 0 Å². The zero-order valence-corrected chi connectivity index (χ0v) is 15.7. The van der Waals surface area contributed by atoms with E-state index < -0.39 is 12.2 Å². The summed E-state index contributed by atoms with van der Waals surface area (Å²) >= 11 is 9.53. The van der Waals surface area contributed by atoms with Crippen molar-refractivity contribution in [1.82, 2.24) is 9.78 Å². The minimum Gasteiger partial charge on any atom is -0.441 e. The number of carbonyl (C=O) groups excluding carboxylic acids is 1. The van der Waals surface area contributed by atoms with Gasteiger partial charge in [-0.25, -0.2) is 9.48 Å². The topological polar surface area (TPSA) is 56.1 Å². The molecule has 1 atom stereocenters. The minimum atomic E-state index is -0.578. The van der Waals surface area contributed by atoms with Crippen LogP contribution in [-0.4, -0.2) is 15.9 Å². The second kappa shape index (κ2) is 7.72. The van der Waals surface area contributed by atoms with Gasteiger partial charge in [-0.3, -0.25) is 5.32 Å². The average molecular weight is 421 g/mol. The highest BCUT2D eigenvalue weighted by Crippen LogP contribution is 2.25. The van der Waals surface area contributed by atoms with Gasteiger partial charge in [0, 0.05) is 21.1 Å². The Morgan fingerprint density at radius 3 is 2.64 bits per heavy atom. The fraction of sp³-hybridized carbons (Fsp3) is 0.111. The Bertz CT molecular complexity index is 880. The number of ether oxygens (including phenoxy) is 1.